The molecule has 6 saturated heterocycles. The highest BCUT2D eigenvalue weighted by Gasteiger charge is 2.43. The van der Waals surface area contributed by atoms with Crippen molar-refractivity contribution in [3.05, 3.63) is 76.2 Å². The number of aryl methyl sites for hydroxylation is 1. The van der Waals surface area contributed by atoms with Gasteiger partial charge in [-0.05, 0) is 137 Å². The van der Waals surface area contributed by atoms with Crippen molar-refractivity contribution >= 4 is 50.9 Å². The molecule has 3 amide bonds. The molecular weight excluding hydrogens is 950 g/mol. The summed E-state index contributed by atoms with van der Waals surface area (Å²) >= 11 is 0. The first-order chi connectivity index (χ1) is 35.8. The van der Waals surface area contributed by atoms with Crippen molar-refractivity contribution < 1.29 is 37.4 Å². The molecule has 9 heterocycles. The van der Waals surface area contributed by atoms with E-state index in [-0.39, 0.29) is 88.6 Å². The third kappa shape index (κ3) is 8.83. The maximum atomic E-state index is 17.1. The number of ether oxygens (including phenoxy) is 1. The normalized spacial score (nSPS) is 23.5. The highest BCUT2D eigenvalue weighted by Crippen LogP contribution is 2.43. The minimum absolute atomic E-state index is 0.0228. The lowest BCUT2D eigenvalue weighted by molar-refractivity contribution is -0.136. The van der Waals surface area contributed by atoms with Crippen LogP contribution in [0.15, 0.2) is 36.5 Å². The lowest BCUT2D eigenvalue weighted by Crippen LogP contribution is -2.52. The molecule has 12 rings (SSSR count). The Morgan fingerprint density at radius 3 is 2.32 bits per heavy atom. The summed E-state index contributed by atoms with van der Waals surface area (Å²) in [6.45, 7) is 10.8. The molecule has 18 heteroatoms. The van der Waals surface area contributed by atoms with E-state index in [2.05, 4.69) is 46.1 Å². The summed E-state index contributed by atoms with van der Waals surface area (Å²) in [5.74, 6) is 0.367. The Morgan fingerprint density at radius 2 is 1.61 bits per heavy atom. The molecular formula is C56H61F3N10O5. The van der Waals surface area contributed by atoms with E-state index in [1.54, 1.807) is 12.3 Å². The van der Waals surface area contributed by atoms with Crippen LogP contribution in [0.3, 0.4) is 0 Å². The number of amides is 3. The Labute approximate surface area is 427 Å². The molecule has 2 bridgehead atoms. The first kappa shape index (κ1) is 48.4. The number of hydrogen-bond acceptors (Lipinski definition) is 13. The third-order valence-electron chi connectivity index (χ3n) is 17.5. The molecule has 2 aromatic heterocycles. The molecule has 1 spiro atoms. The Bertz CT molecular complexity index is 3130. The summed E-state index contributed by atoms with van der Waals surface area (Å²) in [7, 11) is 0. The van der Waals surface area contributed by atoms with Gasteiger partial charge in [-0.25, -0.2) is 13.2 Å². The van der Waals surface area contributed by atoms with E-state index in [0.717, 1.165) is 97.2 Å². The number of phenols is 1. The van der Waals surface area contributed by atoms with Crippen molar-refractivity contribution in [3.8, 4) is 35.4 Å². The van der Waals surface area contributed by atoms with Gasteiger partial charge in [0.15, 0.2) is 11.6 Å². The van der Waals surface area contributed by atoms with Crippen LogP contribution in [-0.4, -0.2) is 143 Å². The average molecular weight is 1010 g/mol. The molecule has 74 heavy (non-hydrogen) atoms. The predicted molar refractivity (Wildman–Crippen MR) is 273 cm³/mol. The van der Waals surface area contributed by atoms with E-state index in [4.69, 9.17) is 16.1 Å². The fraction of sp³-hybridized carbons (Fsp3) is 0.500. The lowest BCUT2D eigenvalue weighted by atomic mass is 9.71. The van der Waals surface area contributed by atoms with Crippen LogP contribution in [0.25, 0.3) is 32.9 Å². The number of pyridine rings is 1. The summed E-state index contributed by atoms with van der Waals surface area (Å²) in [5, 5.41) is 17.8. The van der Waals surface area contributed by atoms with E-state index < -0.39 is 23.6 Å². The molecule has 7 aliphatic heterocycles. The van der Waals surface area contributed by atoms with Gasteiger partial charge in [0.25, 0.3) is 5.91 Å². The average Bonchev–Trinajstić information content (AvgIpc) is 3.93. The second kappa shape index (κ2) is 19.3. The van der Waals surface area contributed by atoms with Crippen LogP contribution < -0.4 is 25.2 Å². The van der Waals surface area contributed by atoms with E-state index >= 15 is 13.2 Å². The second-order valence-corrected chi connectivity index (χ2v) is 21.9. The van der Waals surface area contributed by atoms with Gasteiger partial charge in [0.05, 0.1) is 28.7 Å². The molecule has 15 nitrogen and oxygen atoms in total. The first-order valence-electron chi connectivity index (χ1n) is 26.4. The predicted octanol–water partition coefficient (Wildman–Crippen LogP) is 6.43. The van der Waals surface area contributed by atoms with Crippen molar-refractivity contribution in [2.45, 2.75) is 95.8 Å². The summed E-state index contributed by atoms with van der Waals surface area (Å²) in [6, 6.07) is 7.19. The molecule has 7 aliphatic rings. The van der Waals surface area contributed by atoms with Crippen LogP contribution in [0.4, 0.5) is 24.7 Å². The van der Waals surface area contributed by atoms with E-state index in [1.807, 2.05) is 6.92 Å². The number of likely N-dealkylation sites (tertiary alicyclic amines) is 2. The van der Waals surface area contributed by atoms with Crippen LogP contribution in [0.2, 0.25) is 0 Å². The monoisotopic (exact) mass is 1010 g/mol. The van der Waals surface area contributed by atoms with Crippen molar-refractivity contribution in [3.63, 3.8) is 0 Å². The molecule has 3 aromatic carbocycles. The number of fused-ring (bicyclic) bond motifs is 5. The molecule has 6 fully saturated rings. The Morgan fingerprint density at radius 1 is 0.878 bits per heavy atom. The van der Waals surface area contributed by atoms with Crippen LogP contribution in [0, 0.1) is 48.1 Å². The maximum absolute atomic E-state index is 17.1. The highest BCUT2D eigenvalue weighted by molar-refractivity contribution is 6.06. The van der Waals surface area contributed by atoms with Crippen molar-refractivity contribution in [1.82, 2.24) is 40.3 Å². The fourth-order valence-electron chi connectivity index (χ4n) is 13.3. The Kier molecular flexibility index (Phi) is 12.6. The van der Waals surface area contributed by atoms with Crippen LogP contribution >= 0.6 is 0 Å². The number of hydrogen-bond donors (Lipinski definition) is 3. The lowest BCUT2D eigenvalue weighted by Gasteiger charge is -2.47. The number of nitrogens with zero attached hydrogens (tertiary/aromatic N) is 8. The quantitative estimate of drug-likeness (QED) is 0.104. The molecule has 0 radical (unpaired) electrons. The molecule has 0 aliphatic carbocycles. The highest BCUT2D eigenvalue weighted by atomic mass is 19.1. The largest absolute Gasteiger partial charge is 0.508 e. The summed E-state index contributed by atoms with van der Waals surface area (Å²) < 4.78 is 54.7. The summed E-state index contributed by atoms with van der Waals surface area (Å²) in [4.78, 5) is 62.6. The van der Waals surface area contributed by atoms with Crippen molar-refractivity contribution in [2.75, 3.05) is 81.9 Å². The van der Waals surface area contributed by atoms with Gasteiger partial charge < -0.3 is 34.8 Å². The molecule has 3 unspecified atom stereocenters. The molecule has 5 aromatic rings. The zero-order valence-corrected chi connectivity index (χ0v) is 41.7. The van der Waals surface area contributed by atoms with E-state index in [1.165, 1.54) is 29.2 Å². The van der Waals surface area contributed by atoms with Gasteiger partial charge in [0.1, 0.15) is 41.2 Å². The van der Waals surface area contributed by atoms with E-state index in [0.29, 0.717) is 76.5 Å². The van der Waals surface area contributed by atoms with Gasteiger partial charge in [-0.2, -0.15) is 9.97 Å². The topological polar surface area (TPSA) is 160 Å². The minimum atomic E-state index is -0.784. The number of benzene rings is 3. The third-order valence-corrected chi connectivity index (χ3v) is 17.5. The number of nitrogens with one attached hydrogen (secondary N) is 2. The smallest absolute Gasteiger partial charge is 0.319 e. The second-order valence-electron chi connectivity index (χ2n) is 21.9. The van der Waals surface area contributed by atoms with Gasteiger partial charge in [0, 0.05) is 80.5 Å². The fourth-order valence-corrected chi connectivity index (χ4v) is 13.3. The van der Waals surface area contributed by atoms with Crippen molar-refractivity contribution in [1.29, 1.82) is 0 Å². The number of rotatable bonds is 10. The number of carbonyl (C=O) groups excluding carboxylic acids is 3. The molecule has 0 saturated carbocycles. The number of aromatic nitrogens is 3. The van der Waals surface area contributed by atoms with Gasteiger partial charge in [0.2, 0.25) is 11.8 Å². The number of piperidine rings is 4. The van der Waals surface area contributed by atoms with Crippen LogP contribution in [-0.2, 0) is 16.1 Å². The van der Waals surface area contributed by atoms with E-state index in [9.17, 15) is 19.5 Å². The van der Waals surface area contributed by atoms with Gasteiger partial charge in [-0.15, -0.1) is 6.42 Å². The molecule has 386 valence electrons. The van der Waals surface area contributed by atoms with Gasteiger partial charge in [-0.3, -0.25) is 29.6 Å². The molecule has 3 atom stereocenters. The number of carbonyl (C=O) groups is 3. The Balaban J connectivity index is 0.655. The number of halogens is 3. The number of aromatic hydroxyl groups is 1. The number of terminal acetylenes is 1. The van der Waals surface area contributed by atoms with Crippen LogP contribution in [0.1, 0.15) is 91.3 Å². The number of anilines is 2. The Hall–Kier alpha value is -6.55. The van der Waals surface area contributed by atoms with Crippen molar-refractivity contribution in [2.24, 2.45) is 11.3 Å². The number of imide groups is 1. The van der Waals surface area contributed by atoms with Gasteiger partial charge >= 0.3 is 6.01 Å². The first-order valence-corrected chi connectivity index (χ1v) is 26.4. The summed E-state index contributed by atoms with van der Waals surface area (Å²) in [5.41, 5.74) is 2.24. The minimum Gasteiger partial charge on any atom is -0.508 e. The zero-order valence-electron chi connectivity index (χ0n) is 41.7. The molecule has 3 N–H and O–H groups in total. The SMILES string of the molecule is C#Cc1c(F)ccc2cc(O)cc(-c3ncc4c(N5CC6CCC(C5)N6)nc(OCCN5CCC6(CC5)CCN(CC5CCN(c7cc(C)c8c(c7F)CN(C7CCC(=O)NC7=O)C8=O)CC5)CC6)nc4c3F)c12. The number of phenolic OH excluding ortho intramolecular Hbond substituents is 1. The summed E-state index contributed by atoms with van der Waals surface area (Å²) in [6.07, 6.45) is 16.2. The maximum Gasteiger partial charge on any atom is 0.319 e. The zero-order chi connectivity index (χ0) is 51.0. The standard InChI is InChI=1S/C56H61F3N10O5/c1-3-38-42(57)7-4-34-25-37(70)26-39(47(34)38)50-49(59)51-40(27-60-50)52(68-29-35-5-6-36(30-68)61-35)64-55(63-51)74-23-22-65-18-12-56(13-19-65)14-20-66(21-15-56)28-33-10-16-67(17-11-33)44-24-32(2)46-41(48(44)58)31-69(54(46)73)43-8-9-45(71)62-53(43)72/h1,4,7,24-27,33,35-36,43,61,70H,5-6,8-23,28-31H2,2H3,(H,62,71,72). The van der Waals surface area contributed by atoms with Gasteiger partial charge in [-0.1, -0.05) is 12.0 Å². The number of piperazine rings is 1. The van der Waals surface area contributed by atoms with Crippen LogP contribution in [0.5, 0.6) is 11.8 Å².